The average molecular weight is 1900 g/mol. The number of ether oxygens (including phenoxy) is 8. The van der Waals surface area contributed by atoms with Crippen molar-refractivity contribution in [3.05, 3.63) is 232 Å². The number of alkyl halides is 8. The second-order valence-corrected chi connectivity index (χ2v) is 32.5. The Kier molecular flexibility index (Phi) is 36.9. The molecule has 34 heteroatoms. The number of H-pyrrole nitrogens is 1. The van der Waals surface area contributed by atoms with Crippen LogP contribution in [0.1, 0.15) is 73.6 Å². The number of morpholine rings is 4. The summed E-state index contributed by atoms with van der Waals surface area (Å²) in [6, 6.07) is 54.1. The first kappa shape index (κ1) is 93.6. The molecule has 652 valence electrons. The van der Waals surface area contributed by atoms with Gasteiger partial charge in [0, 0.05) is 134 Å². The molecular formula is C87H97Cl5F8IN11O9. The number of halogens is 14. The molecule has 6 atom stereocenters. The van der Waals surface area contributed by atoms with E-state index in [1.165, 1.54) is 36.5 Å². The first-order chi connectivity index (χ1) is 58.5. The Labute approximate surface area is 738 Å². The van der Waals surface area contributed by atoms with E-state index in [-0.39, 0.29) is 73.6 Å². The van der Waals surface area contributed by atoms with Crippen molar-refractivity contribution < 1.29 is 73.0 Å². The van der Waals surface area contributed by atoms with Crippen molar-refractivity contribution in [2.24, 2.45) is 0 Å². The number of aromatic nitrogens is 5. The van der Waals surface area contributed by atoms with E-state index >= 15 is 0 Å². The van der Waals surface area contributed by atoms with Crippen LogP contribution in [0.15, 0.2) is 175 Å². The summed E-state index contributed by atoms with van der Waals surface area (Å²) in [6.07, 6.45) is -3.66. The first-order valence-corrected chi connectivity index (χ1v) is 42.9. The largest absolute Gasteiger partial charge is 0.497 e. The van der Waals surface area contributed by atoms with Crippen LogP contribution in [0.5, 0.6) is 23.3 Å². The van der Waals surface area contributed by atoms with Crippen LogP contribution >= 0.6 is 80.6 Å². The number of rotatable bonds is 22. The van der Waals surface area contributed by atoms with E-state index in [1.54, 1.807) is 60.4 Å². The fraction of sp³-hybridized carbons (Fsp3) is 0.437. The zero-order valence-corrected chi connectivity index (χ0v) is 72.7. The highest BCUT2D eigenvalue weighted by molar-refractivity contribution is 14.1. The monoisotopic (exact) mass is 1890 g/mol. The molecule has 4 aromatic carbocycles. The van der Waals surface area contributed by atoms with Crippen LogP contribution in [0.2, 0.25) is 25.8 Å². The molecule has 1 N–H and O–H groups in total. The molecule has 6 fully saturated rings. The van der Waals surface area contributed by atoms with Gasteiger partial charge < -0.3 is 72.3 Å². The normalized spacial score (nSPS) is 19.6. The first-order valence-electron chi connectivity index (χ1n) is 40.0. The third kappa shape index (κ3) is 29.5. The maximum Gasteiger partial charge on any atom is 0.266 e. The summed E-state index contributed by atoms with van der Waals surface area (Å²) in [6.45, 7) is 5.91. The van der Waals surface area contributed by atoms with Crippen molar-refractivity contribution in [3.8, 4) is 23.3 Å². The molecule has 20 nitrogen and oxygen atoms in total. The number of nitrogens with zero attached hydrogens (tertiary/aromatic N) is 10. The van der Waals surface area contributed by atoms with E-state index < -0.39 is 50.1 Å². The molecule has 11 heterocycles. The van der Waals surface area contributed by atoms with Gasteiger partial charge in [0.1, 0.15) is 86.5 Å². The quantitative estimate of drug-likeness (QED) is 0.0384. The summed E-state index contributed by atoms with van der Waals surface area (Å²) in [7, 11) is 3.24. The minimum atomic E-state index is -2.53. The predicted molar refractivity (Wildman–Crippen MR) is 468 cm³/mol. The van der Waals surface area contributed by atoms with E-state index in [9.17, 15) is 39.9 Å². The van der Waals surface area contributed by atoms with E-state index in [1.807, 2.05) is 88.7 Å². The maximum atomic E-state index is 13.5. The lowest BCUT2D eigenvalue weighted by Gasteiger charge is -2.36. The van der Waals surface area contributed by atoms with Crippen LogP contribution in [0.3, 0.4) is 0 Å². The molecule has 0 spiro atoms. The highest BCUT2D eigenvalue weighted by atomic mass is 127. The molecule has 5 aromatic heterocycles. The molecule has 0 saturated carbocycles. The Balaban J connectivity index is 0.000000157. The van der Waals surface area contributed by atoms with Crippen molar-refractivity contribution in [3.63, 3.8) is 0 Å². The number of anilines is 6. The molecule has 6 saturated heterocycles. The van der Waals surface area contributed by atoms with Gasteiger partial charge in [-0.2, -0.15) is 4.98 Å². The lowest BCUT2D eigenvalue weighted by Crippen LogP contribution is -2.46. The summed E-state index contributed by atoms with van der Waals surface area (Å²) in [5.74, 6) is 3.98. The van der Waals surface area contributed by atoms with Gasteiger partial charge in [-0.15, -0.1) is 0 Å². The molecule has 121 heavy (non-hydrogen) atoms. The fourth-order valence-corrected chi connectivity index (χ4v) is 16.8. The van der Waals surface area contributed by atoms with Crippen LogP contribution in [-0.4, -0.2) is 193 Å². The second kappa shape index (κ2) is 47.7. The number of aromatic amines is 1. The molecule has 6 aliphatic heterocycles. The van der Waals surface area contributed by atoms with E-state index in [0.717, 1.165) is 102 Å². The summed E-state index contributed by atoms with van der Waals surface area (Å²) in [5.41, 5.74) is 7.20. The molecule has 0 aliphatic carbocycles. The van der Waals surface area contributed by atoms with Gasteiger partial charge >= 0.3 is 0 Å². The van der Waals surface area contributed by atoms with Gasteiger partial charge in [0.15, 0.2) is 0 Å². The maximum absolute atomic E-state index is 13.5. The van der Waals surface area contributed by atoms with Crippen LogP contribution in [0.25, 0.3) is 0 Å². The Bertz CT molecular complexity index is 4630. The summed E-state index contributed by atoms with van der Waals surface area (Å²) in [4.78, 5) is 44.2. The summed E-state index contributed by atoms with van der Waals surface area (Å²) in [5, 5.41) is 1.60. The molecule has 6 unspecified atom stereocenters. The summed E-state index contributed by atoms with van der Waals surface area (Å²) >= 11 is 30.8. The number of hydrogen-bond donors (Lipinski definition) is 1. The van der Waals surface area contributed by atoms with Crippen LogP contribution in [0.4, 0.5) is 69.5 Å². The van der Waals surface area contributed by atoms with Crippen molar-refractivity contribution in [1.82, 2.24) is 24.9 Å². The van der Waals surface area contributed by atoms with Crippen LogP contribution < -0.4 is 53.9 Å². The minimum absolute atomic E-state index is 0.0913. The SMILES string of the molecule is COc1ccc(COc2cc(N3CCOC(C(F)F)C3)cc(Cl)n2)cc1.COc1ccc(COc2cc(N3CCOC(C(F)F)C3)cc(N3CCCCCC3Cc3ccccc3)n2)cc1.Clc1cc(I)cc(Cl)n1.FC(F)C1CN(c2cc(Cl)nc(Cl)c2)CCO1.O=c1cc(N2CCOC(C(F)F)C2)cc(N2CCCCCC2Cc2ccccc2)[nH]1. The van der Waals surface area contributed by atoms with Gasteiger partial charge in [-0.1, -0.05) is 169 Å². The van der Waals surface area contributed by atoms with Gasteiger partial charge in [0.05, 0.1) is 40.6 Å². The molecule has 6 aliphatic rings. The van der Waals surface area contributed by atoms with Crippen molar-refractivity contribution in [1.29, 1.82) is 0 Å². The van der Waals surface area contributed by atoms with E-state index in [4.69, 9.17) is 101 Å². The van der Waals surface area contributed by atoms with Crippen LogP contribution in [0, 0.1) is 3.57 Å². The third-order valence-electron chi connectivity index (χ3n) is 20.9. The zero-order valence-electron chi connectivity index (χ0n) is 66.8. The molecule has 0 bridgehead atoms. The molecular weight excluding hydrogens is 1800 g/mol. The Morgan fingerprint density at radius 1 is 0.413 bits per heavy atom. The lowest BCUT2D eigenvalue weighted by molar-refractivity contribution is -0.0614. The van der Waals surface area contributed by atoms with Crippen molar-refractivity contribution in [2.45, 2.75) is 140 Å². The number of benzene rings is 4. The highest BCUT2D eigenvalue weighted by Crippen LogP contribution is 2.36. The summed E-state index contributed by atoms with van der Waals surface area (Å²) < 4.78 is 148. The molecule has 9 aromatic rings. The Morgan fingerprint density at radius 2 is 0.777 bits per heavy atom. The topological polar surface area (TPSA) is 178 Å². The van der Waals surface area contributed by atoms with Gasteiger partial charge in [0.25, 0.3) is 31.3 Å². The number of nitrogens with one attached hydrogen (secondary N) is 1. The van der Waals surface area contributed by atoms with E-state index in [0.29, 0.717) is 90.6 Å². The van der Waals surface area contributed by atoms with Gasteiger partial charge in [0.2, 0.25) is 11.8 Å². The van der Waals surface area contributed by atoms with Crippen molar-refractivity contribution in [2.75, 3.05) is 135 Å². The Morgan fingerprint density at radius 3 is 1.18 bits per heavy atom. The number of pyridine rings is 5. The molecule has 0 amide bonds. The number of methoxy groups -OCH3 is 2. The van der Waals surface area contributed by atoms with Crippen LogP contribution in [-0.2, 0) is 45.0 Å². The zero-order chi connectivity index (χ0) is 85.7. The van der Waals surface area contributed by atoms with E-state index in [2.05, 4.69) is 101 Å². The van der Waals surface area contributed by atoms with Crippen molar-refractivity contribution >= 4 is 115 Å². The van der Waals surface area contributed by atoms with Gasteiger partial charge in [-0.05, 0) is 138 Å². The van der Waals surface area contributed by atoms with Gasteiger partial charge in [-0.25, -0.2) is 50.1 Å². The molecule has 0 radical (unpaired) electrons. The predicted octanol–water partition coefficient (Wildman–Crippen LogP) is 19.6. The lowest BCUT2D eigenvalue weighted by atomic mass is 10.0. The average Bonchev–Trinajstić information content (AvgIpc) is 1.70. The highest BCUT2D eigenvalue weighted by Gasteiger charge is 2.34. The van der Waals surface area contributed by atoms with Gasteiger partial charge in [-0.3, -0.25) is 4.79 Å². The second-order valence-electron chi connectivity index (χ2n) is 29.3. The molecule has 15 rings (SSSR count). The smallest absolute Gasteiger partial charge is 0.266 e. The minimum Gasteiger partial charge on any atom is -0.497 e. The third-order valence-corrected chi connectivity index (χ3v) is 22.4. The Hall–Kier alpha value is -8.11. The number of hydrogen-bond acceptors (Lipinski definition) is 19. The fourth-order valence-electron chi connectivity index (χ4n) is 14.7. The standard InChI is InChI=1S/C31H37F2N3O3.C23H29F2N3O2.C18H19ClF2N2O3.C10H10Cl2F2N2O.C5H2Cl2IN/c1-37-27-13-11-24(12-14-27)22-39-30-20-26(35-16-17-38-28(21-35)31(32)33)19-29(34-30)36-15-7-3-6-10-25(36)18-23-8-4-2-5-9-23;24-23(25)20-16-27(11-12-30-20)19-14-21(26-22(29)15-19)28-10-6-2-5-9-18(28)13-17-7-3-1-4-8-17;1-24-14-4-2-12(3-5-14)11-26-17-9-13(8-16(19)22-17)23-6-7-25-15(10-23)18(20)21;11-8-3-6(4-9(12)15-8)16-1-2-17-7(5-16)10(13)14;6-4-1-3(8)2-5(7)9-4/h2,4-5,8-9,11-14,19-20,25,28,31H,3,6-7,10,15-18,21-22H2,1H3;1,3-4,7-8,14-15,18,20,23H,2,5-6,9-13,16H2,(H,26,29);2-5,8-9,15,18H,6-7,10-11H2,1H3;3-4,7,10H,1-2,5H2;1-2H.